The van der Waals surface area contributed by atoms with Gasteiger partial charge >= 0.3 is 5.97 Å². The first kappa shape index (κ1) is 12.5. The summed E-state index contributed by atoms with van der Waals surface area (Å²) in [6, 6.07) is 0. The van der Waals surface area contributed by atoms with E-state index in [1.54, 1.807) is 0 Å². The zero-order valence-corrected chi connectivity index (χ0v) is 9.24. The maximum atomic E-state index is 11.3. The number of esters is 1. The van der Waals surface area contributed by atoms with Crippen LogP contribution >= 0.6 is 0 Å². The Bertz CT molecular complexity index is 179. The lowest BCUT2D eigenvalue weighted by atomic mass is 10.2. The smallest absolute Gasteiger partial charge is 0.305 e. The van der Waals surface area contributed by atoms with Gasteiger partial charge in [-0.3, -0.25) is 4.79 Å². The van der Waals surface area contributed by atoms with E-state index in [1.165, 1.54) is 0 Å². The summed E-state index contributed by atoms with van der Waals surface area (Å²) in [4.78, 5) is 11.3. The summed E-state index contributed by atoms with van der Waals surface area (Å²) in [6.07, 6.45) is 5.61. The maximum Gasteiger partial charge on any atom is 0.305 e. The Kier molecular flexibility index (Phi) is 6.36. The van der Waals surface area contributed by atoms with Crippen molar-refractivity contribution in [3.8, 4) is 0 Å². The van der Waals surface area contributed by atoms with Gasteiger partial charge in [0.05, 0.1) is 6.10 Å². The van der Waals surface area contributed by atoms with Gasteiger partial charge in [-0.1, -0.05) is 6.42 Å². The zero-order chi connectivity index (χ0) is 10.9. The van der Waals surface area contributed by atoms with Crippen molar-refractivity contribution in [3.05, 3.63) is 0 Å². The zero-order valence-electron chi connectivity index (χ0n) is 9.24. The maximum absolute atomic E-state index is 11.3. The minimum atomic E-state index is -0.109. The predicted octanol–water partition coefficient (Wildman–Crippen LogP) is 1.23. The summed E-state index contributed by atoms with van der Waals surface area (Å²) >= 11 is 0. The van der Waals surface area contributed by atoms with Gasteiger partial charge in [0, 0.05) is 13.0 Å². The summed E-state index contributed by atoms with van der Waals surface area (Å²) in [7, 11) is 0. The first-order valence-corrected chi connectivity index (χ1v) is 5.80. The molecule has 0 spiro atoms. The number of unbranched alkanes of at least 4 members (excludes halogenated alkanes) is 2. The number of ether oxygens (including phenoxy) is 2. The van der Waals surface area contributed by atoms with Gasteiger partial charge in [0.15, 0.2) is 0 Å². The third-order valence-corrected chi connectivity index (χ3v) is 2.54. The molecule has 4 heteroatoms. The van der Waals surface area contributed by atoms with Crippen LogP contribution in [-0.2, 0) is 14.3 Å². The van der Waals surface area contributed by atoms with E-state index in [0.29, 0.717) is 19.6 Å². The van der Waals surface area contributed by atoms with Crippen molar-refractivity contribution in [2.24, 2.45) is 5.73 Å². The second-order valence-electron chi connectivity index (χ2n) is 3.92. The van der Waals surface area contributed by atoms with E-state index in [2.05, 4.69) is 0 Å². The van der Waals surface area contributed by atoms with Crippen molar-refractivity contribution < 1.29 is 14.3 Å². The number of rotatable bonds is 7. The number of nitrogens with two attached hydrogens (primary N) is 1. The van der Waals surface area contributed by atoms with E-state index >= 15 is 0 Å². The Balaban J connectivity index is 1.93. The summed E-state index contributed by atoms with van der Waals surface area (Å²) in [5.74, 6) is -0.109. The minimum absolute atomic E-state index is 0.109. The van der Waals surface area contributed by atoms with Gasteiger partial charge < -0.3 is 15.2 Å². The third-order valence-electron chi connectivity index (χ3n) is 2.54. The second kappa shape index (κ2) is 7.65. The lowest BCUT2D eigenvalue weighted by Crippen LogP contribution is -2.17. The van der Waals surface area contributed by atoms with Crippen molar-refractivity contribution in [1.82, 2.24) is 0 Å². The monoisotopic (exact) mass is 215 g/mol. The van der Waals surface area contributed by atoms with Crippen molar-refractivity contribution in [1.29, 1.82) is 0 Å². The van der Waals surface area contributed by atoms with Crippen LogP contribution in [0.25, 0.3) is 0 Å². The van der Waals surface area contributed by atoms with Gasteiger partial charge in [-0.25, -0.2) is 0 Å². The van der Waals surface area contributed by atoms with Gasteiger partial charge in [0.1, 0.15) is 6.61 Å². The fraction of sp³-hybridized carbons (Fsp3) is 0.909. The number of carbonyl (C=O) groups is 1. The Labute approximate surface area is 91.1 Å². The summed E-state index contributed by atoms with van der Waals surface area (Å²) in [5.41, 5.74) is 5.35. The normalized spacial score (nSPS) is 20.5. The Morgan fingerprint density at radius 1 is 1.40 bits per heavy atom. The Morgan fingerprint density at radius 2 is 2.27 bits per heavy atom. The highest BCUT2D eigenvalue weighted by Crippen LogP contribution is 2.12. The van der Waals surface area contributed by atoms with Crippen LogP contribution < -0.4 is 5.73 Å². The van der Waals surface area contributed by atoms with Crippen LogP contribution in [0.3, 0.4) is 0 Å². The Morgan fingerprint density at radius 3 is 2.93 bits per heavy atom. The molecule has 1 aliphatic rings. The van der Waals surface area contributed by atoms with Crippen LogP contribution in [0.1, 0.15) is 38.5 Å². The lowest BCUT2D eigenvalue weighted by molar-refractivity contribution is -0.147. The van der Waals surface area contributed by atoms with Crippen molar-refractivity contribution in [2.75, 3.05) is 19.8 Å². The number of carbonyl (C=O) groups excluding carboxylic acids is 1. The molecule has 1 rings (SSSR count). The SMILES string of the molecule is NCCCCCC(=O)OCC1CCCO1. The molecule has 0 aromatic heterocycles. The molecule has 0 aromatic carbocycles. The van der Waals surface area contributed by atoms with Gasteiger partial charge in [0.25, 0.3) is 0 Å². The van der Waals surface area contributed by atoms with Crippen molar-refractivity contribution >= 4 is 5.97 Å². The molecule has 1 unspecified atom stereocenters. The molecule has 4 nitrogen and oxygen atoms in total. The molecule has 1 atom stereocenters. The van der Waals surface area contributed by atoms with Crippen LogP contribution in [0.4, 0.5) is 0 Å². The van der Waals surface area contributed by atoms with Crippen LogP contribution in [0.5, 0.6) is 0 Å². The molecule has 1 fully saturated rings. The molecule has 2 N–H and O–H groups in total. The van der Waals surface area contributed by atoms with Crippen LogP contribution in [0.15, 0.2) is 0 Å². The fourth-order valence-electron chi connectivity index (χ4n) is 1.62. The standard InChI is InChI=1S/C11H21NO3/c12-7-3-1-2-6-11(13)15-9-10-5-4-8-14-10/h10H,1-9,12H2. The van der Waals surface area contributed by atoms with E-state index < -0.39 is 0 Å². The number of hydrogen-bond acceptors (Lipinski definition) is 4. The topological polar surface area (TPSA) is 61.6 Å². The molecule has 88 valence electrons. The quantitative estimate of drug-likeness (QED) is 0.512. The van der Waals surface area contributed by atoms with Gasteiger partial charge in [-0.15, -0.1) is 0 Å². The average Bonchev–Trinajstić information content (AvgIpc) is 2.74. The molecule has 0 radical (unpaired) electrons. The third kappa shape index (κ3) is 5.74. The number of hydrogen-bond donors (Lipinski definition) is 1. The van der Waals surface area contributed by atoms with Gasteiger partial charge in [0.2, 0.25) is 0 Å². The van der Waals surface area contributed by atoms with Crippen LogP contribution in [0.2, 0.25) is 0 Å². The molecule has 0 saturated carbocycles. The van der Waals surface area contributed by atoms with Crippen LogP contribution in [-0.4, -0.2) is 31.8 Å². The molecular weight excluding hydrogens is 194 g/mol. The molecule has 15 heavy (non-hydrogen) atoms. The first-order chi connectivity index (χ1) is 7.33. The molecule has 0 bridgehead atoms. The molecule has 1 heterocycles. The van der Waals surface area contributed by atoms with Crippen molar-refractivity contribution in [3.63, 3.8) is 0 Å². The Hall–Kier alpha value is -0.610. The lowest BCUT2D eigenvalue weighted by Gasteiger charge is -2.09. The van der Waals surface area contributed by atoms with E-state index in [1.807, 2.05) is 0 Å². The minimum Gasteiger partial charge on any atom is -0.463 e. The van der Waals surface area contributed by atoms with Gasteiger partial charge in [-0.2, -0.15) is 0 Å². The molecular formula is C11H21NO3. The molecule has 0 aromatic rings. The van der Waals surface area contributed by atoms with Gasteiger partial charge in [-0.05, 0) is 32.2 Å². The predicted molar refractivity (Wildman–Crippen MR) is 57.5 cm³/mol. The van der Waals surface area contributed by atoms with E-state index in [-0.39, 0.29) is 12.1 Å². The molecule has 1 saturated heterocycles. The molecule has 0 amide bonds. The van der Waals surface area contributed by atoms with Crippen molar-refractivity contribution in [2.45, 2.75) is 44.6 Å². The van der Waals surface area contributed by atoms with E-state index in [9.17, 15) is 4.79 Å². The summed E-state index contributed by atoms with van der Waals surface area (Å²) < 4.78 is 10.5. The molecule has 0 aliphatic carbocycles. The average molecular weight is 215 g/mol. The summed E-state index contributed by atoms with van der Waals surface area (Å²) in [5, 5.41) is 0. The van der Waals surface area contributed by atoms with Crippen LogP contribution in [0, 0.1) is 0 Å². The van der Waals surface area contributed by atoms with E-state index in [0.717, 1.165) is 38.7 Å². The fourth-order valence-corrected chi connectivity index (χ4v) is 1.62. The largest absolute Gasteiger partial charge is 0.463 e. The first-order valence-electron chi connectivity index (χ1n) is 5.80. The highest BCUT2D eigenvalue weighted by atomic mass is 16.6. The highest BCUT2D eigenvalue weighted by molar-refractivity contribution is 5.69. The molecule has 1 aliphatic heterocycles. The highest BCUT2D eigenvalue weighted by Gasteiger charge is 2.17. The second-order valence-corrected chi connectivity index (χ2v) is 3.92. The van der Waals surface area contributed by atoms with E-state index in [4.69, 9.17) is 15.2 Å². The summed E-state index contributed by atoms with van der Waals surface area (Å²) in [6.45, 7) is 1.93.